The normalized spacial score (nSPS) is 22.1. The Labute approximate surface area is 101 Å². The van der Waals surface area contributed by atoms with E-state index in [1.165, 1.54) is 12.0 Å². The number of nitrogens with zero attached hydrogens (tertiary/aromatic N) is 1. The molecule has 0 bridgehead atoms. The zero-order valence-corrected chi connectivity index (χ0v) is 9.51. The van der Waals surface area contributed by atoms with Gasteiger partial charge in [0.25, 0.3) is 0 Å². The van der Waals surface area contributed by atoms with E-state index < -0.39 is 0 Å². The highest BCUT2D eigenvalue weighted by atomic mass is 15.0. The Morgan fingerprint density at radius 2 is 2.00 bits per heavy atom. The monoisotopic (exact) mass is 225 g/mol. The van der Waals surface area contributed by atoms with Crippen molar-refractivity contribution in [1.82, 2.24) is 4.98 Å². The summed E-state index contributed by atoms with van der Waals surface area (Å²) in [5, 5.41) is 3.49. The molecule has 1 fully saturated rings. The molecule has 3 N–H and O–H groups in total. The van der Waals surface area contributed by atoms with Gasteiger partial charge in [0.05, 0.1) is 0 Å². The van der Waals surface area contributed by atoms with Gasteiger partial charge in [-0.25, -0.2) is 4.98 Å². The number of benzene rings is 1. The lowest BCUT2D eigenvalue weighted by Gasteiger charge is -2.06. The van der Waals surface area contributed by atoms with Gasteiger partial charge in [-0.2, -0.15) is 0 Å². The minimum absolute atomic E-state index is 0.527. The van der Waals surface area contributed by atoms with Crippen LogP contribution in [0.15, 0.2) is 48.7 Å². The topological polar surface area (TPSA) is 50.9 Å². The van der Waals surface area contributed by atoms with Gasteiger partial charge in [-0.05, 0) is 18.1 Å². The van der Waals surface area contributed by atoms with Crippen molar-refractivity contribution >= 4 is 11.5 Å². The molecule has 0 saturated heterocycles. The van der Waals surface area contributed by atoms with Gasteiger partial charge in [-0.1, -0.05) is 30.3 Å². The van der Waals surface area contributed by atoms with E-state index in [0.717, 1.165) is 5.69 Å². The summed E-state index contributed by atoms with van der Waals surface area (Å²) in [6, 6.07) is 15.0. The molecule has 3 nitrogen and oxygen atoms in total. The standard InChI is InChI=1S/C14H15N3/c15-14-8-11(6-7-16-14)17-13-9-12(13)10-4-2-1-3-5-10/h1-8,12-13H,9H2,(H3,15,16,17). The van der Waals surface area contributed by atoms with Crippen LogP contribution in [0.2, 0.25) is 0 Å². The Hall–Kier alpha value is -2.03. The van der Waals surface area contributed by atoms with Gasteiger partial charge in [-0.15, -0.1) is 0 Å². The second-order valence-electron chi connectivity index (χ2n) is 4.47. The van der Waals surface area contributed by atoms with E-state index in [0.29, 0.717) is 17.8 Å². The highest BCUT2D eigenvalue weighted by Crippen LogP contribution is 2.42. The molecule has 0 aliphatic heterocycles. The fourth-order valence-electron chi connectivity index (χ4n) is 2.18. The number of anilines is 2. The summed E-state index contributed by atoms with van der Waals surface area (Å²) in [5.41, 5.74) is 8.12. The molecule has 17 heavy (non-hydrogen) atoms. The Bertz CT molecular complexity index is 510. The van der Waals surface area contributed by atoms with Crippen molar-refractivity contribution < 1.29 is 0 Å². The van der Waals surface area contributed by atoms with E-state index in [9.17, 15) is 0 Å². The van der Waals surface area contributed by atoms with Crippen molar-refractivity contribution in [1.29, 1.82) is 0 Å². The number of nitrogens with two attached hydrogens (primary N) is 1. The van der Waals surface area contributed by atoms with Crippen LogP contribution in [0.3, 0.4) is 0 Å². The molecule has 2 atom stereocenters. The summed E-state index contributed by atoms with van der Waals surface area (Å²) in [4.78, 5) is 3.98. The van der Waals surface area contributed by atoms with E-state index >= 15 is 0 Å². The minimum Gasteiger partial charge on any atom is -0.384 e. The van der Waals surface area contributed by atoms with Crippen molar-refractivity contribution in [3.05, 3.63) is 54.2 Å². The van der Waals surface area contributed by atoms with Crippen LogP contribution in [0.1, 0.15) is 17.9 Å². The number of nitrogen functional groups attached to an aromatic ring is 1. The van der Waals surface area contributed by atoms with Crippen LogP contribution in [-0.2, 0) is 0 Å². The summed E-state index contributed by atoms with van der Waals surface area (Å²) in [6.07, 6.45) is 2.92. The van der Waals surface area contributed by atoms with Gasteiger partial charge in [0.15, 0.2) is 0 Å². The summed E-state index contributed by atoms with van der Waals surface area (Å²) in [7, 11) is 0. The molecule has 0 radical (unpaired) electrons. The van der Waals surface area contributed by atoms with Gasteiger partial charge in [0.1, 0.15) is 5.82 Å². The molecule has 2 aromatic rings. The lowest BCUT2D eigenvalue weighted by atomic mass is 10.1. The second-order valence-corrected chi connectivity index (χ2v) is 4.47. The average Bonchev–Trinajstić information content (AvgIpc) is 3.10. The summed E-state index contributed by atoms with van der Waals surface area (Å²) in [5.74, 6) is 1.19. The van der Waals surface area contributed by atoms with E-state index in [1.807, 2.05) is 12.1 Å². The van der Waals surface area contributed by atoms with Crippen LogP contribution < -0.4 is 11.1 Å². The van der Waals surface area contributed by atoms with Crippen LogP contribution >= 0.6 is 0 Å². The number of nitrogens with one attached hydrogen (secondary N) is 1. The molecule has 1 heterocycles. The number of hydrogen-bond donors (Lipinski definition) is 2. The minimum atomic E-state index is 0.527. The van der Waals surface area contributed by atoms with Crippen LogP contribution in [-0.4, -0.2) is 11.0 Å². The third kappa shape index (κ3) is 2.23. The van der Waals surface area contributed by atoms with Gasteiger partial charge in [0.2, 0.25) is 0 Å². The third-order valence-corrected chi connectivity index (χ3v) is 3.15. The third-order valence-electron chi connectivity index (χ3n) is 3.15. The number of hydrogen-bond acceptors (Lipinski definition) is 3. The van der Waals surface area contributed by atoms with Crippen molar-refractivity contribution in [2.45, 2.75) is 18.4 Å². The first kappa shape index (κ1) is 10.1. The summed E-state index contributed by atoms with van der Waals surface area (Å²) in [6.45, 7) is 0. The quantitative estimate of drug-likeness (QED) is 0.844. The maximum absolute atomic E-state index is 5.65. The smallest absolute Gasteiger partial charge is 0.125 e. The van der Waals surface area contributed by atoms with Gasteiger partial charge in [-0.3, -0.25) is 0 Å². The molecule has 3 heteroatoms. The Balaban J connectivity index is 1.66. The molecule has 1 aliphatic carbocycles. The molecule has 86 valence electrons. The second kappa shape index (κ2) is 4.09. The molecule has 3 rings (SSSR count). The van der Waals surface area contributed by atoms with Crippen molar-refractivity contribution in [3.8, 4) is 0 Å². The van der Waals surface area contributed by atoms with E-state index in [1.54, 1.807) is 6.20 Å². The molecule has 1 aliphatic rings. The van der Waals surface area contributed by atoms with Gasteiger partial charge in [0, 0.05) is 29.9 Å². The highest BCUT2D eigenvalue weighted by Gasteiger charge is 2.38. The largest absolute Gasteiger partial charge is 0.384 e. The Morgan fingerprint density at radius 1 is 1.18 bits per heavy atom. The fourth-order valence-corrected chi connectivity index (χ4v) is 2.18. The SMILES string of the molecule is Nc1cc(NC2CC2c2ccccc2)ccn1. The van der Waals surface area contributed by atoms with E-state index in [-0.39, 0.29) is 0 Å². The highest BCUT2D eigenvalue weighted by molar-refractivity contribution is 5.52. The first-order chi connectivity index (χ1) is 8.33. The maximum Gasteiger partial charge on any atom is 0.125 e. The van der Waals surface area contributed by atoms with Crippen LogP contribution in [0, 0.1) is 0 Å². The lowest BCUT2D eigenvalue weighted by molar-refractivity contribution is 1.04. The average molecular weight is 225 g/mol. The van der Waals surface area contributed by atoms with E-state index in [4.69, 9.17) is 5.73 Å². The fraction of sp³-hybridized carbons (Fsp3) is 0.214. The maximum atomic E-state index is 5.65. The molecule has 1 saturated carbocycles. The molecule has 2 unspecified atom stereocenters. The molecule has 1 aromatic heterocycles. The van der Waals surface area contributed by atoms with Crippen molar-refractivity contribution in [2.24, 2.45) is 0 Å². The lowest BCUT2D eigenvalue weighted by Crippen LogP contribution is -2.04. The van der Waals surface area contributed by atoms with Crippen molar-refractivity contribution in [3.63, 3.8) is 0 Å². The molecular formula is C14H15N3. The Kier molecular flexibility index (Phi) is 2.44. The van der Waals surface area contributed by atoms with Crippen LogP contribution in [0.5, 0.6) is 0 Å². The Morgan fingerprint density at radius 3 is 2.76 bits per heavy atom. The first-order valence-electron chi connectivity index (χ1n) is 5.86. The van der Waals surface area contributed by atoms with Crippen molar-refractivity contribution in [2.75, 3.05) is 11.1 Å². The number of aromatic nitrogens is 1. The molecule has 0 spiro atoms. The predicted octanol–water partition coefficient (Wildman–Crippen LogP) is 2.63. The predicted molar refractivity (Wildman–Crippen MR) is 69.9 cm³/mol. The van der Waals surface area contributed by atoms with E-state index in [2.05, 4.69) is 40.6 Å². The zero-order valence-electron chi connectivity index (χ0n) is 9.51. The van der Waals surface area contributed by atoms with Gasteiger partial charge >= 0.3 is 0 Å². The van der Waals surface area contributed by atoms with Crippen LogP contribution in [0.4, 0.5) is 11.5 Å². The summed E-state index contributed by atoms with van der Waals surface area (Å²) < 4.78 is 0. The molecular weight excluding hydrogens is 210 g/mol. The number of rotatable bonds is 3. The zero-order chi connectivity index (χ0) is 11.7. The molecule has 1 aromatic carbocycles. The summed E-state index contributed by atoms with van der Waals surface area (Å²) >= 11 is 0. The number of pyridine rings is 1. The van der Waals surface area contributed by atoms with Crippen LogP contribution in [0.25, 0.3) is 0 Å². The molecule has 0 amide bonds. The van der Waals surface area contributed by atoms with Gasteiger partial charge < -0.3 is 11.1 Å². The first-order valence-corrected chi connectivity index (χ1v) is 5.86.